The molecule has 0 radical (unpaired) electrons. The quantitative estimate of drug-likeness (QED) is 0.740. The van der Waals surface area contributed by atoms with Crippen molar-refractivity contribution in [2.45, 2.75) is 19.3 Å². The number of nitrogens with zero attached hydrogens (tertiary/aromatic N) is 2. The smallest absolute Gasteiger partial charge is 0.290 e. The Kier molecular flexibility index (Phi) is 2.38. The van der Waals surface area contributed by atoms with E-state index in [9.17, 15) is 4.79 Å². The zero-order valence-electron chi connectivity index (χ0n) is 9.20. The molecule has 1 N–H and O–H groups in total. The molecule has 2 heterocycles. The maximum Gasteiger partial charge on any atom is 0.290 e. The monoisotopic (exact) mass is 209 g/mol. The molecule has 0 saturated carbocycles. The molecule has 15 heavy (non-hydrogen) atoms. The summed E-state index contributed by atoms with van der Waals surface area (Å²) in [6.45, 7) is 2.92. The lowest BCUT2D eigenvalue weighted by atomic mass is 9.94. The minimum absolute atomic E-state index is 0.0858. The van der Waals surface area contributed by atoms with Gasteiger partial charge < -0.3 is 10.1 Å². The van der Waals surface area contributed by atoms with E-state index in [2.05, 4.69) is 17.3 Å². The number of rotatable bonds is 1. The van der Waals surface area contributed by atoms with Crippen molar-refractivity contribution in [2.75, 3.05) is 19.0 Å². The van der Waals surface area contributed by atoms with Gasteiger partial charge in [0.2, 0.25) is 5.88 Å². The van der Waals surface area contributed by atoms with Crippen LogP contribution in [0, 0.1) is 0 Å². The fraction of sp³-hybridized carbons (Fsp3) is 0.600. The molecule has 5 nitrogen and oxygen atoms in total. The molecule has 1 unspecified atom stereocenters. The molecule has 0 saturated heterocycles. The number of hydrogen-bond donors (Lipinski definition) is 1. The summed E-state index contributed by atoms with van der Waals surface area (Å²) in [6, 6.07) is 0. The van der Waals surface area contributed by atoms with Crippen LogP contribution in [0.4, 0.5) is 5.69 Å². The van der Waals surface area contributed by atoms with Crippen LogP contribution in [0.2, 0.25) is 0 Å². The van der Waals surface area contributed by atoms with Crippen LogP contribution in [-0.2, 0) is 7.05 Å². The van der Waals surface area contributed by atoms with E-state index < -0.39 is 0 Å². The normalized spacial score (nSPS) is 19.3. The second kappa shape index (κ2) is 3.56. The lowest BCUT2D eigenvalue weighted by Crippen LogP contribution is -2.30. The molecule has 0 aromatic carbocycles. The third-order valence-electron chi connectivity index (χ3n) is 2.81. The van der Waals surface area contributed by atoms with E-state index in [4.69, 9.17) is 4.74 Å². The number of ether oxygens (including phenoxy) is 1. The lowest BCUT2D eigenvalue weighted by molar-refractivity contribution is 0.371. The zero-order valence-corrected chi connectivity index (χ0v) is 9.20. The molecule has 0 spiro atoms. The highest BCUT2D eigenvalue weighted by Crippen LogP contribution is 2.34. The standard InChI is InChI=1S/C10H15N3O2/c1-6-4-5-11-8-7(6)9(15-3)12-13(2)10(8)14/h6,11H,4-5H2,1-3H3. The predicted molar refractivity (Wildman–Crippen MR) is 57.6 cm³/mol. The topological polar surface area (TPSA) is 56.2 Å². The van der Waals surface area contributed by atoms with Crippen molar-refractivity contribution in [3.63, 3.8) is 0 Å². The molecule has 2 rings (SSSR count). The van der Waals surface area contributed by atoms with Gasteiger partial charge in [0, 0.05) is 19.2 Å². The van der Waals surface area contributed by atoms with E-state index in [1.165, 1.54) is 4.68 Å². The minimum Gasteiger partial charge on any atom is -0.480 e. The molecule has 0 bridgehead atoms. The maximum atomic E-state index is 11.8. The van der Waals surface area contributed by atoms with Crippen molar-refractivity contribution in [1.29, 1.82) is 0 Å². The Labute approximate surface area is 88.1 Å². The summed E-state index contributed by atoms with van der Waals surface area (Å²) >= 11 is 0. The van der Waals surface area contributed by atoms with Gasteiger partial charge in [-0.25, -0.2) is 4.68 Å². The SMILES string of the molecule is COc1nn(C)c(=O)c2c1C(C)CCN2. The van der Waals surface area contributed by atoms with Crippen LogP contribution in [-0.4, -0.2) is 23.4 Å². The van der Waals surface area contributed by atoms with Crippen molar-refractivity contribution < 1.29 is 4.74 Å². The molecule has 1 aromatic heterocycles. The van der Waals surface area contributed by atoms with Crippen molar-refractivity contribution in [1.82, 2.24) is 9.78 Å². The lowest BCUT2D eigenvalue weighted by Gasteiger charge is -2.24. The Morgan fingerprint density at radius 2 is 2.33 bits per heavy atom. The van der Waals surface area contributed by atoms with Crippen LogP contribution in [0.5, 0.6) is 5.88 Å². The number of methoxy groups -OCH3 is 1. The fourth-order valence-corrected chi connectivity index (χ4v) is 1.96. The van der Waals surface area contributed by atoms with Crippen molar-refractivity contribution in [3.8, 4) is 5.88 Å². The van der Waals surface area contributed by atoms with Crippen LogP contribution in [0.25, 0.3) is 0 Å². The van der Waals surface area contributed by atoms with Gasteiger partial charge in [-0.2, -0.15) is 0 Å². The molecule has 5 heteroatoms. The van der Waals surface area contributed by atoms with Gasteiger partial charge in [-0.3, -0.25) is 4.79 Å². The first-order valence-corrected chi connectivity index (χ1v) is 5.04. The molecule has 1 atom stereocenters. The molecule has 1 aliphatic heterocycles. The second-order valence-corrected chi connectivity index (χ2v) is 3.84. The Morgan fingerprint density at radius 1 is 1.60 bits per heavy atom. The van der Waals surface area contributed by atoms with Crippen molar-refractivity contribution >= 4 is 5.69 Å². The van der Waals surface area contributed by atoms with Gasteiger partial charge in [-0.15, -0.1) is 5.10 Å². The van der Waals surface area contributed by atoms with Gasteiger partial charge in [0.05, 0.1) is 7.11 Å². The molecule has 0 amide bonds. The molecular formula is C10H15N3O2. The molecule has 82 valence electrons. The first-order valence-electron chi connectivity index (χ1n) is 5.04. The van der Waals surface area contributed by atoms with Gasteiger partial charge in [0.1, 0.15) is 5.69 Å². The number of aryl methyl sites for hydroxylation is 1. The molecular weight excluding hydrogens is 194 g/mol. The van der Waals surface area contributed by atoms with Crippen LogP contribution in [0.3, 0.4) is 0 Å². The number of anilines is 1. The highest BCUT2D eigenvalue weighted by atomic mass is 16.5. The van der Waals surface area contributed by atoms with E-state index >= 15 is 0 Å². The van der Waals surface area contributed by atoms with Gasteiger partial charge in [-0.1, -0.05) is 6.92 Å². The van der Waals surface area contributed by atoms with Crippen LogP contribution in [0.1, 0.15) is 24.8 Å². The highest BCUT2D eigenvalue weighted by Gasteiger charge is 2.25. The minimum atomic E-state index is -0.0858. The van der Waals surface area contributed by atoms with Gasteiger partial charge in [-0.05, 0) is 12.3 Å². The zero-order chi connectivity index (χ0) is 11.0. The summed E-state index contributed by atoms with van der Waals surface area (Å²) in [5.74, 6) is 0.865. The second-order valence-electron chi connectivity index (χ2n) is 3.84. The number of hydrogen-bond acceptors (Lipinski definition) is 4. The largest absolute Gasteiger partial charge is 0.480 e. The Hall–Kier alpha value is -1.52. The summed E-state index contributed by atoms with van der Waals surface area (Å²) in [7, 11) is 3.21. The fourth-order valence-electron chi connectivity index (χ4n) is 1.96. The first kappa shape index (κ1) is 10.0. The summed E-state index contributed by atoms with van der Waals surface area (Å²) in [4.78, 5) is 11.8. The van der Waals surface area contributed by atoms with Gasteiger partial charge >= 0.3 is 0 Å². The highest BCUT2D eigenvalue weighted by molar-refractivity contribution is 5.56. The molecule has 1 aliphatic rings. The number of fused-ring (bicyclic) bond motifs is 1. The average molecular weight is 209 g/mol. The Bertz CT molecular complexity index is 439. The van der Waals surface area contributed by atoms with E-state index in [0.29, 0.717) is 17.5 Å². The number of nitrogens with one attached hydrogen (secondary N) is 1. The molecule has 1 aromatic rings. The first-order chi connectivity index (χ1) is 7.15. The van der Waals surface area contributed by atoms with E-state index in [1.807, 2.05) is 0 Å². The number of aromatic nitrogens is 2. The summed E-state index contributed by atoms with van der Waals surface area (Å²) < 4.78 is 6.52. The van der Waals surface area contributed by atoms with E-state index in [0.717, 1.165) is 18.5 Å². The Morgan fingerprint density at radius 3 is 3.00 bits per heavy atom. The van der Waals surface area contributed by atoms with E-state index in [1.54, 1.807) is 14.2 Å². The summed E-state index contributed by atoms with van der Waals surface area (Å²) in [5, 5.41) is 7.22. The third-order valence-corrected chi connectivity index (χ3v) is 2.81. The van der Waals surface area contributed by atoms with Crippen molar-refractivity contribution in [3.05, 3.63) is 15.9 Å². The van der Waals surface area contributed by atoms with Crippen LogP contribution < -0.4 is 15.6 Å². The Balaban J connectivity index is 2.71. The van der Waals surface area contributed by atoms with Gasteiger partial charge in [0.25, 0.3) is 5.56 Å². The summed E-state index contributed by atoms with van der Waals surface area (Å²) in [6.07, 6.45) is 0.998. The summed E-state index contributed by atoms with van der Waals surface area (Å²) in [5.41, 5.74) is 1.47. The maximum absolute atomic E-state index is 11.8. The predicted octanol–water partition coefficient (Wildman–Crippen LogP) is 0.708. The van der Waals surface area contributed by atoms with E-state index in [-0.39, 0.29) is 5.56 Å². The van der Waals surface area contributed by atoms with Crippen LogP contribution in [0.15, 0.2) is 4.79 Å². The third kappa shape index (κ3) is 1.48. The van der Waals surface area contributed by atoms with Crippen molar-refractivity contribution in [2.24, 2.45) is 7.05 Å². The average Bonchev–Trinajstić information content (AvgIpc) is 2.23. The molecule has 0 fully saturated rings. The van der Waals surface area contributed by atoms with Crippen LogP contribution >= 0.6 is 0 Å². The van der Waals surface area contributed by atoms with Gasteiger partial charge in [0.15, 0.2) is 0 Å². The molecule has 0 aliphatic carbocycles.